The van der Waals surface area contributed by atoms with E-state index in [9.17, 15) is 0 Å². The maximum Gasteiger partial charge on any atom is 0.0409 e. The molecule has 106 valence electrons. The zero-order valence-corrected chi connectivity index (χ0v) is 12.7. The van der Waals surface area contributed by atoms with E-state index >= 15 is 0 Å². The third kappa shape index (κ3) is 3.71. The van der Waals surface area contributed by atoms with Crippen molar-refractivity contribution in [1.29, 1.82) is 0 Å². The summed E-state index contributed by atoms with van der Waals surface area (Å²) in [6.45, 7) is 6.69. The summed E-state index contributed by atoms with van der Waals surface area (Å²) in [5, 5.41) is 0.835. The number of likely N-dealkylation sites (tertiary alicyclic amines) is 1. The van der Waals surface area contributed by atoms with E-state index in [-0.39, 0.29) is 0 Å². The summed E-state index contributed by atoms with van der Waals surface area (Å²) in [5.41, 5.74) is 7.36. The van der Waals surface area contributed by atoms with Crippen molar-refractivity contribution in [3.8, 4) is 0 Å². The number of hydrogen-bond donors (Lipinski definition) is 1. The van der Waals surface area contributed by atoms with Crippen molar-refractivity contribution < 1.29 is 0 Å². The minimum absolute atomic E-state index is 0.327. The first kappa shape index (κ1) is 14.8. The number of rotatable bonds is 4. The van der Waals surface area contributed by atoms with Gasteiger partial charge in [0.1, 0.15) is 0 Å². The van der Waals surface area contributed by atoms with E-state index in [1.165, 1.54) is 18.4 Å². The Morgan fingerprint density at radius 2 is 2.05 bits per heavy atom. The van der Waals surface area contributed by atoms with Gasteiger partial charge in [0.2, 0.25) is 0 Å². The standard InChI is InChI=1S/C16H25ClN2/c1-3-16(14-5-4-6-15(17)11-14)19-9-7-13(8-10-19)12(2)18/h4-6,11-13,16H,3,7-10,18H2,1-2H3. The molecule has 2 unspecified atom stereocenters. The third-order valence-electron chi connectivity index (χ3n) is 4.38. The highest BCUT2D eigenvalue weighted by molar-refractivity contribution is 6.30. The molecule has 2 N–H and O–H groups in total. The molecule has 3 heteroatoms. The van der Waals surface area contributed by atoms with Crippen LogP contribution in [0.15, 0.2) is 24.3 Å². The zero-order chi connectivity index (χ0) is 13.8. The highest BCUT2D eigenvalue weighted by Gasteiger charge is 2.26. The van der Waals surface area contributed by atoms with Crippen molar-refractivity contribution in [2.75, 3.05) is 13.1 Å². The summed E-state index contributed by atoms with van der Waals surface area (Å²) < 4.78 is 0. The Bertz CT molecular complexity index is 397. The summed E-state index contributed by atoms with van der Waals surface area (Å²) in [7, 11) is 0. The van der Waals surface area contributed by atoms with Gasteiger partial charge in [0.15, 0.2) is 0 Å². The van der Waals surface area contributed by atoms with Crippen LogP contribution < -0.4 is 5.73 Å². The second-order valence-corrected chi connectivity index (χ2v) is 6.15. The molecule has 2 rings (SSSR count). The topological polar surface area (TPSA) is 29.3 Å². The summed E-state index contributed by atoms with van der Waals surface area (Å²) >= 11 is 6.11. The molecule has 1 aliphatic heterocycles. The first-order valence-electron chi connectivity index (χ1n) is 7.37. The minimum atomic E-state index is 0.327. The number of benzene rings is 1. The highest BCUT2D eigenvalue weighted by atomic mass is 35.5. The average molecular weight is 281 g/mol. The fraction of sp³-hybridized carbons (Fsp3) is 0.625. The van der Waals surface area contributed by atoms with Crippen molar-refractivity contribution in [3.05, 3.63) is 34.9 Å². The molecule has 0 radical (unpaired) electrons. The van der Waals surface area contributed by atoms with E-state index in [0.717, 1.165) is 24.5 Å². The van der Waals surface area contributed by atoms with Gasteiger partial charge in [0, 0.05) is 17.1 Å². The van der Waals surface area contributed by atoms with Gasteiger partial charge in [-0.3, -0.25) is 4.90 Å². The van der Waals surface area contributed by atoms with Gasteiger partial charge in [-0.2, -0.15) is 0 Å². The van der Waals surface area contributed by atoms with Gasteiger partial charge in [-0.05, 0) is 62.9 Å². The fourth-order valence-electron chi connectivity index (χ4n) is 3.18. The van der Waals surface area contributed by atoms with Crippen molar-refractivity contribution >= 4 is 11.6 Å². The lowest BCUT2D eigenvalue weighted by molar-refractivity contribution is 0.121. The third-order valence-corrected chi connectivity index (χ3v) is 4.61. The van der Waals surface area contributed by atoms with Crippen LogP contribution in [0.3, 0.4) is 0 Å². The molecule has 19 heavy (non-hydrogen) atoms. The van der Waals surface area contributed by atoms with E-state index in [0.29, 0.717) is 18.0 Å². The molecule has 0 spiro atoms. The summed E-state index contributed by atoms with van der Waals surface area (Å²) in [4.78, 5) is 2.59. The Balaban J connectivity index is 2.03. The average Bonchev–Trinajstić information content (AvgIpc) is 2.40. The molecule has 0 bridgehead atoms. The largest absolute Gasteiger partial charge is 0.328 e. The lowest BCUT2D eigenvalue weighted by Gasteiger charge is -2.38. The summed E-state index contributed by atoms with van der Waals surface area (Å²) in [5.74, 6) is 0.688. The number of nitrogens with zero attached hydrogens (tertiary/aromatic N) is 1. The molecule has 1 fully saturated rings. The Labute approximate surface area is 121 Å². The van der Waals surface area contributed by atoms with E-state index in [1.807, 2.05) is 6.07 Å². The molecule has 1 aromatic rings. The molecule has 0 aromatic heterocycles. The van der Waals surface area contributed by atoms with Crippen LogP contribution in [0.1, 0.15) is 44.7 Å². The van der Waals surface area contributed by atoms with Crippen LogP contribution in [0, 0.1) is 5.92 Å². The van der Waals surface area contributed by atoms with Crippen LogP contribution in [0.4, 0.5) is 0 Å². The van der Waals surface area contributed by atoms with Crippen LogP contribution in [-0.4, -0.2) is 24.0 Å². The van der Waals surface area contributed by atoms with Gasteiger partial charge in [-0.15, -0.1) is 0 Å². The van der Waals surface area contributed by atoms with Crippen molar-refractivity contribution in [2.45, 2.75) is 45.2 Å². The van der Waals surface area contributed by atoms with Crippen LogP contribution in [0.25, 0.3) is 0 Å². The number of nitrogens with two attached hydrogens (primary N) is 1. The predicted molar refractivity (Wildman–Crippen MR) is 82.4 cm³/mol. The molecule has 1 saturated heterocycles. The smallest absolute Gasteiger partial charge is 0.0409 e. The molecule has 1 aliphatic rings. The molecule has 0 aliphatic carbocycles. The Hall–Kier alpha value is -0.570. The van der Waals surface area contributed by atoms with Crippen molar-refractivity contribution in [1.82, 2.24) is 4.90 Å². The molecule has 2 nitrogen and oxygen atoms in total. The van der Waals surface area contributed by atoms with E-state index in [4.69, 9.17) is 17.3 Å². The Morgan fingerprint density at radius 3 is 2.58 bits per heavy atom. The van der Waals surface area contributed by atoms with Crippen molar-refractivity contribution in [3.63, 3.8) is 0 Å². The first-order valence-corrected chi connectivity index (χ1v) is 7.74. The van der Waals surface area contributed by atoms with Crippen LogP contribution >= 0.6 is 11.6 Å². The predicted octanol–water partition coefficient (Wildman–Crippen LogP) is 3.85. The molecule has 1 aromatic carbocycles. The number of hydrogen-bond acceptors (Lipinski definition) is 2. The Kier molecular flexibility index (Phi) is 5.26. The zero-order valence-electron chi connectivity index (χ0n) is 12.0. The SMILES string of the molecule is CCC(c1cccc(Cl)c1)N1CCC(C(C)N)CC1. The summed E-state index contributed by atoms with van der Waals surface area (Å²) in [6, 6.07) is 9.11. The van der Waals surface area contributed by atoms with E-state index in [1.54, 1.807) is 0 Å². The van der Waals surface area contributed by atoms with Gasteiger partial charge < -0.3 is 5.73 Å². The second kappa shape index (κ2) is 6.74. The highest BCUT2D eigenvalue weighted by Crippen LogP contribution is 2.30. The molecule has 1 heterocycles. The number of halogens is 1. The molecule has 2 atom stereocenters. The lowest BCUT2D eigenvalue weighted by atomic mass is 9.89. The maximum absolute atomic E-state index is 6.11. The summed E-state index contributed by atoms with van der Waals surface area (Å²) in [6.07, 6.45) is 3.56. The Morgan fingerprint density at radius 1 is 1.37 bits per heavy atom. The van der Waals surface area contributed by atoms with Gasteiger partial charge in [0.05, 0.1) is 0 Å². The van der Waals surface area contributed by atoms with E-state index in [2.05, 4.69) is 36.9 Å². The maximum atomic E-state index is 6.11. The monoisotopic (exact) mass is 280 g/mol. The van der Waals surface area contributed by atoms with Gasteiger partial charge >= 0.3 is 0 Å². The molecule has 0 saturated carbocycles. The van der Waals surface area contributed by atoms with Crippen molar-refractivity contribution in [2.24, 2.45) is 11.7 Å². The minimum Gasteiger partial charge on any atom is -0.328 e. The molecular weight excluding hydrogens is 256 g/mol. The van der Waals surface area contributed by atoms with Gasteiger partial charge in [0.25, 0.3) is 0 Å². The lowest BCUT2D eigenvalue weighted by Crippen LogP contribution is -2.41. The van der Waals surface area contributed by atoms with Crippen LogP contribution in [0.2, 0.25) is 5.02 Å². The van der Waals surface area contributed by atoms with Gasteiger partial charge in [-0.25, -0.2) is 0 Å². The van der Waals surface area contributed by atoms with Crippen LogP contribution in [-0.2, 0) is 0 Å². The van der Waals surface area contributed by atoms with Crippen LogP contribution in [0.5, 0.6) is 0 Å². The van der Waals surface area contributed by atoms with E-state index < -0.39 is 0 Å². The second-order valence-electron chi connectivity index (χ2n) is 5.71. The quantitative estimate of drug-likeness (QED) is 0.908. The first-order chi connectivity index (χ1) is 9.11. The van der Waals surface area contributed by atoms with Gasteiger partial charge in [-0.1, -0.05) is 30.7 Å². The molecule has 0 amide bonds. The number of piperidine rings is 1. The fourth-order valence-corrected chi connectivity index (χ4v) is 3.37. The molecular formula is C16H25ClN2. The normalized spacial score (nSPS) is 21.3.